The Morgan fingerprint density at radius 3 is 2.18 bits per heavy atom. The summed E-state index contributed by atoms with van der Waals surface area (Å²) in [6.45, 7) is 5.11. The standard InChI is InChI=1S/C41H45N3O7/c1-27-36(24-43(3)28(2)32-12-8-5-9-13-32)50-40(51-38(27)33-18-16-30(25-45)17-19-33)34-20-14-29(15-21-34)23-44-37(46)22-35(39(44)47)42-41(48)49-26-31-10-6-4-7-11-31/h4-21,27-28,35-36,38,40,45H,22-26H2,1-3H3,(H,42,48)/t27-,28-,35?,36+,38+,40+/m0/s1. The number of carbonyl (C=O) groups excluding carboxylic acids is 3. The largest absolute Gasteiger partial charge is 0.445 e. The number of ether oxygens (including phenoxy) is 3. The number of imide groups is 1. The van der Waals surface area contributed by atoms with Crippen LogP contribution in [0, 0.1) is 5.92 Å². The Balaban J connectivity index is 1.12. The van der Waals surface area contributed by atoms with Crippen LogP contribution in [0.2, 0.25) is 0 Å². The lowest BCUT2D eigenvalue weighted by atomic mass is 9.89. The summed E-state index contributed by atoms with van der Waals surface area (Å²) in [5, 5.41) is 12.1. The summed E-state index contributed by atoms with van der Waals surface area (Å²) in [6.07, 6.45) is -1.96. The van der Waals surface area contributed by atoms with Crippen molar-refractivity contribution in [3.8, 4) is 0 Å². The molecule has 0 spiro atoms. The second-order valence-electron chi connectivity index (χ2n) is 13.4. The number of carbonyl (C=O) groups is 3. The van der Waals surface area contributed by atoms with Gasteiger partial charge in [-0.15, -0.1) is 0 Å². The van der Waals surface area contributed by atoms with Gasteiger partial charge in [-0.25, -0.2) is 4.79 Å². The number of nitrogens with zero attached hydrogens (tertiary/aromatic N) is 2. The van der Waals surface area contributed by atoms with Crippen LogP contribution in [0.25, 0.3) is 0 Å². The Labute approximate surface area is 298 Å². The van der Waals surface area contributed by atoms with E-state index in [1.165, 1.54) is 5.56 Å². The number of likely N-dealkylation sites (tertiary alicyclic amines) is 1. The van der Waals surface area contributed by atoms with Gasteiger partial charge in [-0.2, -0.15) is 0 Å². The molecule has 51 heavy (non-hydrogen) atoms. The fraction of sp³-hybridized carbons (Fsp3) is 0.341. The lowest BCUT2D eigenvalue weighted by Crippen LogP contribution is -2.44. The third-order valence-electron chi connectivity index (χ3n) is 9.88. The Morgan fingerprint density at radius 1 is 0.882 bits per heavy atom. The van der Waals surface area contributed by atoms with E-state index in [1.807, 2.05) is 97.1 Å². The monoisotopic (exact) mass is 691 g/mol. The zero-order chi connectivity index (χ0) is 35.9. The average molecular weight is 692 g/mol. The Bertz CT molecular complexity index is 1770. The molecule has 6 atom stereocenters. The summed E-state index contributed by atoms with van der Waals surface area (Å²) >= 11 is 0. The SMILES string of the molecule is C[C@H]1[C@@H](CN(C)[C@@H](C)c2ccccc2)O[C@@H](c2ccc(CN3C(=O)CC(NC(=O)OCc4ccccc4)C3=O)cc2)O[C@H]1c1ccc(CO)cc1. The van der Waals surface area contributed by atoms with E-state index in [9.17, 15) is 19.5 Å². The minimum Gasteiger partial charge on any atom is -0.445 e. The van der Waals surface area contributed by atoms with E-state index in [1.54, 1.807) is 0 Å². The molecule has 0 radical (unpaired) electrons. The third-order valence-corrected chi connectivity index (χ3v) is 9.88. The first kappa shape index (κ1) is 35.9. The van der Waals surface area contributed by atoms with Crippen molar-refractivity contribution in [2.45, 2.75) is 70.6 Å². The molecule has 2 fully saturated rings. The van der Waals surface area contributed by atoms with E-state index in [4.69, 9.17) is 14.2 Å². The molecule has 6 rings (SSSR count). The second kappa shape index (κ2) is 16.4. The fourth-order valence-corrected chi connectivity index (χ4v) is 6.59. The quantitative estimate of drug-likeness (QED) is 0.168. The maximum atomic E-state index is 13.1. The predicted molar refractivity (Wildman–Crippen MR) is 191 cm³/mol. The first-order valence-electron chi connectivity index (χ1n) is 17.4. The van der Waals surface area contributed by atoms with Crippen molar-refractivity contribution < 1.29 is 33.7 Å². The van der Waals surface area contributed by atoms with Crippen LogP contribution in [0.1, 0.15) is 72.1 Å². The molecule has 0 bridgehead atoms. The summed E-state index contributed by atoms with van der Waals surface area (Å²) in [5.74, 6) is -0.812. The highest BCUT2D eigenvalue weighted by molar-refractivity contribution is 6.06. The van der Waals surface area contributed by atoms with Gasteiger partial charge in [0.05, 0.1) is 31.8 Å². The van der Waals surface area contributed by atoms with Crippen molar-refractivity contribution >= 4 is 17.9 Å². The van der Waals surface area contributed by atoms with Crippen molar-refractivity contribution in [1.29, 1.82) is 0 Å². The van der Waals surface area contributed by atoms with Crippen LogP contribution in [0.3, 0.4) is 0 Å². The summed E-state index contributed by atoms with van der Waals surface area (Å²) in [6, 6.07) is 34.1. The van der Waals surface area contributed by atoms with Crippen LogP contribution in [-0.4, -0.2) is 58.6 Å². The van der Waals surface area contributed by atoms with Crippen LogP contribution >= 0.6 is 0 Å². The maximum absolute atomic E-state index is 13.1. The Hall–Kier alpha value is -4.87. The molecule has 266 valence electrons. The molecule has 2 aliphatic heterocycles. The fourth-order valence-electron chi connectivity index (χ4n) is 6.59. The van der Waals surface area contributed by atoms with E-state index < -0.39 is 24.3 Å². The van der Waals surface area contributed by atoms with Gasteiger partial charge < -0.3 is 24.6 Å². The van der Waals surface area contributed by atoms with Crippen LogP contribution in [0.15, 0.2) is 109 Å². The number of hydrogen-bond acceptors (Lipinski definition) is 8. The molecule has 0 aromatic heterocycles. The van der Waals surface area contributed by atoms with Gasteiger partial charge in [0.15, 0.2) is 6.29 Å². The number of aliphatic hydroxyl groups is 1. The molecule has 2 heterocycles. The van der Waals surface area contributed by atoms with E-state index in [0.29, 0.717) is 6.54 Å². The first-order valence-corrected chi connectivity index (χ1v) is 17.4. The number of aliphatic hydroxyl groups excluding tert-OH is 1. The smallest absolute Gasteiger partial charge is 0.408 e. The number of amides is 3. The van der Waals surface area contributed by atoms with Crippen molar-refractivity contribution in [3.05, 3.63) is 143 Å². The predicted octanol–water partition coefficient (Wildman–Crippen LogP) is 6.22. The molecule has 3 amide bonds. The summed E-state index contributed by atoms with van der Waals surface area (Å²) in [7, 11) is 2.10. The van der Waals surface area contributed by atoms with Gasteiger partial charge in [-0.05, 0) is 41.8 Å². The zero-order valence-electron chi connectivity index (χ0n) is 29.2. The molecule has 1 unspecified atom stereocenters. The third kappa shape index (κ3) is 8.72. The van der Waals surface area contributed by atoms with Gasteiger partial charge >= 0.3 is 6.09 Å². The molecule has 4 aromatic rings. The minimum atomic E-state index is -0.978. The highest BCUT2D eigenvalue weighted by atomic mass is 16.7. The van der Waals surface area contributed by atoms with Gasteiger partial charge in [0.2, 0.25) is 5.91 Å². The van der Waals surface area contributed by atoms with Crippen molar-refractivity contribution in [2.24, 2.45) is 5.92 Å². The van der Waals surface area contributed by atoms with Gasteiger partial charge in [0.25, 0.3) is 5.91 Å². The number of hydrogen-bond donors (Lipinski definition) is 2. The molecule has 10 nitrogen and oxygen atoms in total. The van der Waals surface area contributed by atoms with Gasteiger partial charge in [-0.1, -0.05) is 116 Å². The molecule has 0 aliphatic carbocycles. The lowest BCUT2D eigenvalue weighted by molar-refractivity contribution is -0.276. The second-order valence-corrected chi connectivity index (χ2v) is 13.4. The van der Waals surface area contributed by atoms with E-state index in [2.05, 4.69) is 43.2 Å². The summed E-state index contributed by atoms with van der Waals surface area (Å²) < 4.78 is 18.5. The summed E-state index contributed by atoms with van der Waals surface area (Å²) in [5.41, 5.74) is 5.44. The first-order chi connectivity index (χ1) is 24.7. The van der Waals surface area contributed by atoms with Gasteiger partial charge in [-0.3, -0.25) is 19.4 Å². The number of benzene rings is 4. The van der Waals surface area contributed by atoms with Gasteiger partial charge in [0.1, 0.15) is 12.6 Å². The van der Waals surface area contributed by atoms with Crippen LogP contribution in [0.4, 0.5) is 4.79 Å². The topological polar surface area (TPSA) is 118 Å². The molecule has 4 aromatic carbocycles. The van der Waals surface area contributed by atoms with E-state index in [0.717, 1.165) is 32.7 Å². The number of alkyl carbamates (subject to hydrolysis) is 1. The Kier molecular flexibility index (Phi) is 11.6. The van der Waals surface area contributed by atoms with Crippen molar-refractivity contribution in [1.82, 2.24) is 15.1 Å². The molecule has 10 heteroatoms. The molecular weight excluding hydrogens is 646 g/mol. The van der Waals surface area contributed by atoms with Crippen LogP contribution in [0.5, 0.6) is 0 Å². The van der Waals surface area contributed by atoms with Gasteiger partial charge in [0, 0.05) is 24.1 Å². The Morgan fingerprint density at radius 2 is 1.51 bits per heavy atom. The molecule has 2 N–H and O–H groups in total. The molecular formula is C41H45N3O7. The van der Waals surface area contributed by atoms with Crippen LogP contribution in [-0.2, 0) is 43.6 Å². The van der Waals surface area contributed by atoms with Crippen molar-refractivity contribution in [2.75, 3.05) is 13.6 Å². The minimum absolute atomic E-state index is 0.0234. The highest BCUT2D eigenvalue weighted by Crippen LogP contribution is 2.42. The lowest BCUT2D eigenvalue weighted by Gasteiger charge is -2.43. The van der Waals surface area contributed by atoms with Crippen LogP contribution < -0.4 is 5.32 Å². The highest BCUT2D eigenvalue weighted by Gasteiger charge is 2.41. The zero-order valence-corrected chi connectivity index (χ0v) is 29.2. The molecule has 2 saturated heterocycles. The number of likely N-dealkylation sites (N-methyl/N-ethyl adjacent to an activating group) is 1. The summed E-state index contributed by atoms with van der Waals surface area (Å²) in [4.78, 5) is 41.8. The average Bonchev–Trinajstić information content (AvgIpc) is 3.42. The number of rotatable bonds is 12. The maximum Gasteiger partial charge on any atom is 0.408 e. The van der Waals surface area contributed by atoms with E-state index >= 15 is 0 Å². The molecule has 0 saturated carbocycles. The normalized spacial score (nSPS) is 22.6. The van der Waals surface area contributed by atoms with E-state index in [-0.39, 0.29) is 56.3 Å². The van der Waals surface area contributed by atoms with Crippen molar-refractivity contribution in [3.63, 3.8) is 0 Å². The molecule has 2 aliphatic rings. The number of nitrogens with one attached hydrogen (secondary N) is 1.